The summed E-state index contributed by atoms with van der Waals surface area (Å²) in [5, 5.41) is 1.88. The molecule has 24 heavy (non-hydrogen) atoms. The number of hydrogen-bond acceptors (Lipinski definition) is 0. The normalized spacial score (nSPS) is 11.2. The Morgan fingerprint density at radius 3 is 1.12 bits per heavy atom. The zero-order valence-corrected chi connectivity index (χ0v) is 18.9. The highest BCUT2D eigenvalue weighted by molar-refractivity contribution is 9.08. The molecule has 0 amide bonds. The van der Waals surface area contributed by atoms with Crippen molar-refractivity contribution in [2.45, 2.75) is 65.0 Å². The van der Waals surface area contributed by atoms with E-state index in [1.807, 2.05) is 0 Å². The minimum absolute atomic E-state index is 0.939. The molecule has 2 aromatic rings. The van der Waals surface area contributed by atoms with Gasteiger partial charge in [0, 0.05) is 10.7 Å². The highest BCUT2D eigenvalue weighted by atomic mass is 79.9. The van der Waals surface area contributed by atoms with Crippen molar-refractivity contribution in [3.05, 3.63) is 67.8 Å². The molecular formula is C22H28Br2. The Bertz CT molecular complexity index is 692. The number of halogens is 2. The molecule has 2 aromatic carbocycles. The lowest BCUT2D eigenvalue weighted by molar-refractivity contribution is 0.907. The third-order valence-electron chi connectivity index (χ3n) is 5.47. The van der Waals surface area contributed by atoms with Crippen LogP contribution in [0.5, 0.6) is 0 Å². The molecule has 2 rings (SSSR count). The van der Waals surface area contributed by atoms with Crippen molar-refractivity contribution >= 4 is 31.9 Å². The molecule has 0 aliphatic rings. The molecule has 0 fully saturated rings. The maximum absolute atomic E-state index is 3.66. The van der Waals surface area contributed by atoms with Crippen LogP contribution >= 0.6 is 31.9 Å². The van der Waals surface area contributed by atoms with Crippen LogP contribution in [0.1, 0.15) is 55.6 Å². The van der Waals surface area contributed by atoms with Crippen molar-refractivity contribution in [3.8, 4) is 0 Å². The maximum atomic E-state index is 3.66. The molecule has 0 heterocycles. The zero-order chi connectivity index (χ0) is 18.0. The van der Waals surface area contributed by atoms with Gasteiger partial charge in [-0.25, -0.2) is 0 Å². The second-order valence-electron chi connectivity index (χ2n) is 6.95. The fraction of sp³-hybridized carbons (Fsp3) is 0.455. The summed E-state index contributed by atoms with van der Waals surface area (Å²) in [5.74, 6) is 0. The summed E-state index contributed by atoms with van der Waals surface area (Å²) >= 11 is 7.32. The van der Waals surface area contributed by atoms with Gasteiger partial charge in [-0.3, -0.25) is 0 Å². The number of alkyl halides is 2. The van der Waals surface area contributed by atoms with Gasteiger partial charge in [0.1, 0.15) is 0 Å². The molecule has 0 unspecified atom stereocenters. The van der Waals surface area contributed by atoms with E-state index in [1.165, 1.54) is 55.6 Å². The summed E-state index contributed by atoms with van der Waals surface area (Å²) in [4.78, 5) is 0. The van der Waals surface area contributed by atoms with Crippen molar-refractivity contribution in [1.29, 1.82) is 0 Å². The molecule has 0 atom stereocenters. The van der Waals surface area contributed by atoms with Crippen LogP contribution in [-0.2, 0) is 23.5 Å². The van der Waals surface area contributed by atoms with Crippen molar-refractivity contribution in [1.82, 2.24) is 0 Å². The monoisotopic (exact) mass is 450 g/mol. The van der Waals surface area contributed by atoms with E-state index in [9.17, 15) is 0 Å². The first-order valence-electron chi connectivity index (χ1n) is 8.60. The van der Waals surface area contributed by atoms with Crippen molar-refractivity contribution < 1.29 is 0 Å². The Morgan fingerprint density at radius 1 is 0.542 bits per heavy atom. The highest BCUT2D eigenvalue weighted by Gasteiger charge is 2.14. The minimum Gasteiger partial charge on any atom is -0.0876 e. The summed E-state index contributed by atoms with van der Waals surface area (Å²) in [6, 6.07) is 4.69. The molecule has 0 radical (unpaired) electrons. The lowest BCUT2D eigenvalue weighted by Gasteiger charge is -2.19. The molecule has 0 bridgehead atoms. The van der Waals surface area contributed by atoms with E-state index in [4.69, 9.17) is 0 Å². The van der Waals surface area contributed by atoms with E-state index in [2.05, 4.69) is 85.5 Å². The molecule has 0 spiro atoms. The predicted molar refractivity (Wildman–Crippen MR) is 114 cm³/mol. The highest BCUT2D eigenvalue weighted by Crippen LogP contribution is 2.28. The summed E-state index contributed by atoms with van der Waals surface area (Å²) in [6.45, 7) is 13.5. The lowest BCUT2D eigenvalue weighted by atomic mass is 9.87. The molecule has 0 nitrogen and oxygen atoms in total. The van der Waals surface area contributed by atoms with Crippen LogP contribution in [0.15, 0.2) is 12.1 Å². The molecule has 0 aliphatic heterocycles. The van der Waals surface area contributed by atoms with Gasteiger partial charge in [-0.05, 0) is 110 Å². The molecular weight excluding hydrogens is 424 g/mol. The summed E-state index contributed by atoms with van der Waals surface area (Å²) < 4.78 is 0. The lowest BCUT2D eigenvalue weighted by Crippen LogP contribution is -2.06. The predicted octanol–water partition coefficient (Wildman–Crippen LogP) is 7.11. The van der Waals surface area contributed by atoms with Gasteiger partial charge in [0.2, 0.25) is 0 Å². The first kappa shape index (κ1) is 19.7. The third kappa shape index (κ3) is 3.80. The van der Waals surface area contributed by atoms with Gasteiger partial charge in [-0.1, -0.05) is 44.0 Å². The number of rotatable bonds is 5. The molecule has 2 heteroatoms. The second kappa shape index (κ2) is 8.19. The van der Waals surface area contributed by atoms with Gasteiger partial charge in [0.15, 0.2) is 0 Å². The fourth-order valence-corrected chi connectivity index (χ4v) is 5.70. The van der Waals surface area contributed by atoms with Crippen molar-refractivity contribution in [3.63, 3.8) is 0 Å². The van der Waals surface area contributed by atoms with E-state index in [0.29, 0.717) is 0 Å². The molecule has 0 aliphatic carbocycles. The van der Waals surface area contributed by atoms with Gasteiger partial charge in [-0.15, -0.1) is 0 Å². The topological polar surface area (TPSA) is 0 Å². The molecule has 130 valence electrons. The molecule has 0 N–H and O–H groups in total. The van der Waals surface area contributed by atoms with Crippen LogP contribution in [-0.4, -0.2) is 0 Å². The van der Waals surface area contributed by atoms with Gasteiger partial charge in [-0.2, -0.15) is 0 Å². The van der Waals surface area contributed by atoms with Gasteiger partial charge >= 0.3 is 0 Å². The van der Waals surface area contributed by atoms with E-state index in [-0.39, 0.29) is 0 Å². The molecule has 0 aromatic heterocycles. The minimum atomic E-state index is 0.939. The zero-order valence-electron chi connectivity index (χ0n) is 15.7. The third-order valence-corrected chi connectivity index (χ3v) is 6.59. The quantitative estimate of drug-likeness (QED) is 0.424. The average molecular weight is 452 g/mol. The van der Waals surface area contributed by atoms with Gasteiger partial charge < -0.3 is 0 Å². The fourth-order valence-electron chi connectivity index (χ4n) is 3.98. The Labute approximate surface area is 164 Å². The second-order valence-corrected chi connectivity index (χ2v) is 8.07. The SMILES string of the molecule is Cc1cc(C)c(CCc2c(C)cc(C)c(CBr)c2C)c(C)c1CBr. The summed E-state index contributed by atoms with van der Waals surface area (Å²) in [7, 11) is 0. The van der Waals surface area contributed by atoms with Crippen LogP contribution in [0.4, 0.5) is 0 Å². The average Bonchev–Trinajstić information content (AvgIpc) is 2.50. The Balaban J connectivity index is 2.39. The van der Waals surface area contributed by atoms with Crippen LogP contribution in [0.2, 0.25) is 0 Å². The number of hydrogen-bond donors (Lipinski definition) is 0. The Morgan fingerprint density at radius 2 is 0.833 bits per heavy atom. The van der Waals surface area contributed by atoms with E-state index in [0.717, 1.165) is 23.5 Å². The van der Waals surface area contributed by atoms with Crippen molar-refractivity contribution in [2.24, 2.45) is 0 Å². The van der Waals surface area contributed by atoms with E-state index in [1.54, 1.807) is 0 Å². The molecule has 0 saturated carbocycles. The Hall–Kier alpha value is -0.600. The summed E-state index contributed by atoms with van der Waals surface area (Å²) in [5.41, 5.74) is 14.5. The smallest absolute Gasteiger partial charge is 0.0288 e. The maximum Gasteiger partial charge on any atom is 0.0288 e. The van der Waals surface area contributed by atoms with Crippen LogP contribution in [0.25, 0.3) is 0 Å². The number of aryl methyl sites for hydroxylation is 4. The molecule has 0 saturated heterocycles. The van der Waals surface area contributed by atoms with Crippen LogP contribution < -0.4 is 0 Å². The first-order chi connectivity index (χ1) is 11.3. The Kier molecular flexibility index (Phi) is 6.73. The van der Waals surface area contributed by atoms with Gasteiger partial charge in [0.05, 0.1) is 0 Å². The standard InChI is InChI=1S/C22H28Br2/c1-13-9-15(3)21(11-23)17(5)19(13)7-8-20-14(2)10-16(4)22(12-24)18(20)6/h9-10H,7-8,11-12H2,1-6H3. The number of benzene rings is 2. The van der Waals surface area contributed by atoms with E-state index < -0.39 is 0 Å². The van der Waals surface area contributed by atoms with E-state index >= 15 is 0 Å². The van der Waals surface area contributed by atoms with Crippen molar-refractivity contribution in [2.75, 3.05) is 0 Å². The largest absolute Gasteiger partial charge is 0.0876 e. The van der Waals surface area contributed by atoms with Gasteiger partial charge in [0.25, 0.3) is 0 Å². The van der Waals surface area contributed by atoms with Crippen LogP contribution in [0, 0.1) is 41.5 Å². The summed E-state index contributed by atoms with van der Waals surface area (Å²) in [6.07, 6.45) is 2.23. The van der Waals surface area contributed by atoms with Crippen LogP contribution in [0.3, 0.4) is 0 Å². The first-order valence-corrected chi connectivity index (χ1v) is 10.8.